The van der Waals surface area contributed by atoms with Crippen molar-refractivity contribution in [1.82, 2.24) is 9.36 Å². The minimum absolute atomic E-state index is 0.0556. The molecule has 0 aliphatic rings. The SMILES string of the molecule is CCCc1nsc(NC(CCC)CC(=O)O)n1. The lowest BCUT2D eigenvalue weighted by Gasteiger charge is -2.14. The number of hydrogen-bond acceptors (Lipinski definition) is 5. The fraction of sp³-hybridized carbons (Fsp3) is 0.727. The molecule has 0 amide bonds. The Morgan fingerprint density at radius 2 is 2.24 bits per heavy atom. The Labute approximate surface area is 105 Å². The molecule has 0 aromatic carbocycles. The van der Waals surface area contributed by atoms with Crippen LogP contribution in [0.3, 0.4) is 0 Å². The van der Waals surface area contributed by atoms with E-state index in [0.29, 0.717) is 0 Å². The van der Waals surface area contributed by atoms with Gasteiger partial charge in [-0.25, -0.2) is 4.98 Å². The summed E-state index contributed by atoms with van der Waals surface area (Å²) in [5.74, 6) is 0.0554. The molecular weight excluding hydrogens is 238 g/mol. The quantitative estimate of drug-likeness (QED) is 0.748. The second kappa shape index (κ2) is 7.21. The van der Waals surface area contributed by atoms with Gasteiger partial charge in [-0.15, -0.1) is 0 Å². The molecule has 0 aliphatic carbocycles. The summed E-state index contributed by atoms with van der Waals surface area (Å²) < 4.78 is 4.22. The Morgan fingerprint density at radius 1 is 1.47 bits per heavy atom. The van der Waals surface area contributed by atoms with E-state index in [0.717, 1.165) is 36.6 Å². The van der Waals surface area contributed by atoms with Gasteiger partial charge in [-0.05, 0) is 12.8 Å². The molecule has 6 heteroatoms. The average Bonchev–Trinajstić information content (AvgIpc) is 2.65. The first-order valence-corrected chi connectivity index (χ1v) is 6.74. The van der Waals surface area contributed by atoms with Crippen LogP contribution in [0.4, 0.5) is 5.13 Å². The summed E-state index contributed by atoms with van der Waals surface area (Å²) in [6.07, 6.45) is 3.79. The normalized spacial score (nSPS) is 12.4. The van der Waals surface area contributed by atoms with Crippen LogP contribution < -0.4 is 5.32 Å². The molecule has 0 bridgehead atoms. The van der Waals surface area contributed by atoms with E-state index in [4.69, 9.17) is 5.11 Å². The number of anilines is 1. The fourth-order valence-electron chi connectivity index (χ4n) is 1.60. The summed E-state index contributed by atoms with van der Waals surface area (Å²) in [6, 6.07) is -0.0556. The number of aliphatic carboxylic acids is 1. The van der Waals surface area contributed by atoms with E-state index in [-0.39, 0.29) is 12.5 Å². The van der Waals surface area contributed by atoms with Gasteiger partial charge < -0.3 is 10.4 Å². The highest BCUT2D eigenvalue weighted by molar-refractivity contribution is 7.09. The lowest BCUT2D eigenvalue weighted by Crippen LogP contribution is -2.22. The smallest absolute Gasteiger partial charge is 0.305 e. The zero-order valence-electron chi connectivity index (χ0n) is 10.3. The van der Waals surface area contributed by atoms with Crippen molar-refractivity contribution in [2.75, 3.05) is 5.32 Å². The van der Waals surface area contributed by atoms with Gasteiger partial charge in [0.1, 0.15) is 5.82 Å². The molecular formula is C11H19N3O2S. The van der Waals surface area contributed by atoms with E-state index in [1.807, 2.05) is 6.92 Å². The van der Waals surface area contributed by atoms with Crippen molar-refractivity contribution in [2.24, 2.45) is 0 Å². The molecule has 96 valence electrons. The predicted molar refractivity (Wildman–Crippen MR) is 68.5 cm³/mol. The number of aryl methyl sites for hydroxylation is 1. The number of carbonyl (C=O) groups is 1. The summed E-state index contributed by atoms with van der Waals surface area (Å²) in [4.78, 5) is 15.0. The lowest BCUT2D eigenvalue weighted by atomic mass is 10.1. The van der Waals surface area contributed by atoms with Crippen LogP contribution in [0.2, 0.25) is 0 Å². The van der Waals surface area contributed by atoms with E-state index in [1.54, 1.807) is 0 Å². The minimum Gasteiger partial charge on any atom is -0.481 e. The van der Waals surface area contributed by atoms with E-state index >= 15 is 0 Å². The topological polar surface area (TPSA) is 75.1 Å². The van der Waals surface area contributed by atoms with Crippen LogP contribution in [-0.2, 0) is 11.2 Å². The summed E-state index contributed by atoms with van der Waals surface area (Å²) in [5, 5.41) is 12.7. The van der Waals surface area contributed by atoms with Gasteiger partial charge in [0, 0.05) is 24.0 Å². The maximum absolute atomic E-state index is 10.7. The third-order valence-corrected chi connectivity index (χ3v) is 3.01. The third kappa shape index (κ3) is 5.12. The van der Waals surface area contributed by atoms with Crippen molar-refractivity contribution in [3.63, 3.8) is 0 Å². The Kier molecular flexibility index (Phi) is 5.90. The van der Waals surface area contributed by atoms with E-state index in [2.05, 4.69) is 21.6 Å². The van der Waals surface area contributed by atoms with Gasteiger partial charge in [-0.1, -0.05) is 20.3 Å². The second-order valence-corrected chi connectivity index (χ2v) is 4.75. The van der Waals surface area contributed by atoms with Gasteiger partial charge in [0.2, 0.25) is 5.13 Å². The number of nitrogens with zero attached hydrogens (tertiary/aromatic N) is 2. The Bertz CT molecular complexity index is 354. The van der Waals surface area contributed by atoms with Crippen LogP contribution in [0.25, 0.3) is 0 Å². The highest BCUT2D eigenvalue weighted by Gasteiger charge is 2.14. The summed E-state index contributed by atoms with van der Waals surface area (Å²) in [5.41, 5.74) is 0. The zero-order chi connectivity index (χ0) is 12.7. The summed E-state index contributed by atoms with van der Waals surface area (Å²) in [6.45, 7) is 4.12. The first-order valence-electron chi connectivity index (χ1n) is 5.96. The van der Waals surface area contributed by atoms with Gasteiger partial charge in [0.25, 0.3) is 0 Å². The molecule has 1 aromatic heterocycles. The Morgan fingerprint density at radius 3 is 2.82 bits per heavy atom. The van der Waals surface area contributed by atoms with Crippen molar-refractivity contribution >= 4 is 22.6 Å². The molecule has 0 saturated heterocycles. The largest absolute Gasteiger partial charge is 0.481 e. The Balaban J connectivity index is 2.55. The second-order valence-electron chi connectivity index (χ2n) is 3.99. The Hall–Kier alpha value is -1.17. The molecule has 17 heavy (non-hydrogen) atoms. The molecule has 2 N–H and O–H groups in total. The van der Waals surface area contributed by atoms with Gasteiger partial charge in [0.05, 0.1) is 6.42 Å². The van der Waals surface area contributed by atoms with Crippen molar-refractivity contribution in [1.29, 1.82) is 0 Å². The first-order chi connectivity index (χ1) is 8.15. The van der Waals surface area contributed by atoms with Crippen molar-refractivity contribution in [2.45, 2.75) is 52.0 Å². The number of aromatic nitrogens is 2. The average molecular weight is 257 g/mol. The first kappa shape index (κ1) is 13.9. The van der Waals surface area contributed by atoms with Crippen molar-refractivity contribution in [3.05, 3.63) is 5.82 Å². The molecule has 0 spiro atoms. The molecule has 0 fully saturated rings. The molecule has 1 heterocycles. The van der Waals surface area contributed by atoms with Gasteiger partial charge in [-0.3, -0.25) is 4.79 Å². The monoisotopic (exact) mass is 257 g/mol. The predicted octanol–water partition coefficient (Wildman–Crippen LogP) is 2.55. The van der Waals surface area contributed by atoms with Crippen molar-refractivity contribution in [3.8, 4) is 0 Å². The molecule has 0 radical (unpaired) electrons. The van der Waals surface area contributed by atoms with Crippen molar-refractivity contribution < 1.29 is 9.90 Å². The minimum atomic E-state index is -0.783. The number of nitrogens with one attached hydrogen (secondary N) is 1. The maximum atomic E-state index is 10.7. The maximum Gasteiger partial charge on any atom is 0.305 e. The lowest BCUT2D eigenvalue weighted by molar-refractivity contribution is -0.137. The van der Waals surface area contributed by atoms with E-state index in [1.165, 1.54) is 11.5 Å². The molecule has 1 unspecified atom stereocenters. The molecule has 0 aliphatic heterocycles. The highest BCUT2D eigenvalue weighted by Crippen LogP contribution is 2.16. The van der Waals surface area contributed by atoms with Gasteiger partial charge >= 0.3 is 5.97 Å². The fourth-order valence-corrected chi connectivity index (χ4v) is 2.29. The van der Waals surface area contributed by atoms with Crippen LogP contribution in [0.1, 0.15) is 45.4 Å². The molecule has 1 aromatic rings. The van der Waals surface area contributed by atoms with Crippen LogP contribution in [0.15, 0.2) is 0 Å². The van der Waals surface area contributed by atoms with Gasteiger partial charge in [0.15, 0.2) is 0 Å². The van der Waals surface area contributed by atoms with Crippen LogP contribution in [0, 0.1) is 0 Å². The standard InChI is InChI=1S/C11H19N3O2S/c1-3-5-8(7-10(15)16)12-11-13-9(6-4-2)14-17-11/h8H,3-7H2,1-2H3,(H,15,16)(H,12,13,14). The van der Waals surface area contributed by atoms with Crippen LogP contribution >= 0.6 is 11.5 Å². The van der Waals surface area contributed by atoms with Gasteiger partial charge in [-0.2, -0.15) is 4.37 Å². The number of rotatable bonds is 8. The number of carboxylic acid groups (broad SMARTS) is 1. The molecule has 5 nitrogen and oxygen atoms in total. The van der Waals surface area contributed by atoms with Crippen LogP contribution in [-0.4, -0.2) is 26.5 Å². The number of hydrogen-bond donors (Lipinski definition) is 2. The van der Waals surface area contributed by atoms with Crippen LogP contribution in [0.5, 0.6) is 0 Å². The molecule has 1 atom stereocenters. The highest BCUT2D eigenvalue weighted by atomic mass is 32.1. The van der Waals surface area contributed by atoms with E-state index < -0.39 is 5.97 Å². The number of carboxylic acids is 1. The molecule has 0 saturated carbocycles. The molecule has 1 rings (SSSR count). The van der Waals surface area contributed by atoms with E-state index in [9.17, 15) is 4.79 Å². The summed E-state index contributed by atoms with van der Waals surface area (Å²) >= 11 is 1.31. The zero-order valence-corrected chi connectivity index (χ0v) is 11.1. The summed E-state index contributed by atoms with van der Waals surface area (Å²) in [7, 11) is 0. The third-order valence-electron chi connectivity index (χ3n) is 2.33.